The molecule has 0 spiro atoms. The number of ether oxygens (including phenoxy) is 1. The molecule has 0 saturated heterocycles. The maximum absolute atomic E-state index is 13.3. The summed E-state index contributed by atoms with van der Waals surface area (Å²) in [6.07, 6.45) is 5.82. The summed E-state index contributed by atoms with van der Waals surface area (Å²) in [6.45, 7) is 0. The Morgan fingerprint density at radius 2 is 1.25 bits per heavy atom. The maximum Gasteiger partial charge on any atom is 0.175 e. The van der Waals surface area contributed by atoms with Gasteiger partial charge < -0.3 is 4.74 Å². The molecule has 0 aliphatic rings. The first kappa shape index (κ1) is 19.1. The molecule has 3 aromatic rings. The molecule has 0 amide bonds. The number of hydrogen-bond acceptors (Lipinski definition) is 3. The van der Waals surface area contributed by atoms with E-state index in [4.69, 9.17) is 11.2 Å². The zero-order valence-corrected chi connectivity index (χ0v) is 15.5. The van der Waals surface area contributed by atoms with Crippen LogP contribution in [0, 0.1) is 18.3 Å². The first-order chi connectivity index (χ1) is 13.7. The van der Waals surface area contributed by atoms with Gasteiger partial charge >= 0.3 is 0 Å². The summed E-state index contributed by atoms with van der Waals surface area (Å²) in [5, 5.41) is 0. The molecular weight excluding hydrogens is 348 g/mol. The zero-order chi connectivity index (χ0) is 19.9. The second kappa shape index (κ2) is 8.83. The molecule has 0 N–H and O–H groups in total. The molecule has 0 fully saturated rings. The van der Waals surface area contributed by atoms with Crippen molar-refractivity contribution in [2.45, 2.75) is 5.92 Å². The number of carbonyl (C=O) groups is 2. The van der Waals surface area contributed by atoms with Crippen LogP contribution >= 0.6 is 0 Å². The van der Waals surface area contributed by atoms with Gasteiger partial charge in [0.05, 0.1) is 13.0 Å². The number of benzene rings is 3. The SMILES string of the molecule is C#CC(c1ccc(OC)cc1)C(C(=O)c1ccccc1)C(=O)c1ccccc1. The summed E-state index contributed by atoms with van der Waals surface area (Å²) in [7, 11) is 1.58. The van der Waals surface area contributed by atoms with Gasteiger partial charge in [0.1, 0.15) is 11.7 Å². The average molecular weight is 368 g/mol. The molecule has 0 aliphatic carbocycles. The van der Waals surface area contributed by atoms with Gasteiger partial charge in [0.15, 0.2) is 11.6 Å². The van der Waals surface area contributed by atoms with Crippen LogP contribution in [0.25, 0.3) is 0 Å². The van der Waals surface area contributed by atoms with Crippen molar-refractivity contribution in [3.05, 3.63) is 102 Å². The van der Waals surface area contributed by atoms with E-state index < -0.39 is 11.8 Å². The lowest BCUT2D eigenvalue weighted by atomic mass is 9.77. The quantitative estimate of drug-likeness (QED) is 0.342. The zero-order valence-electron chi connectivity index (χ0n) is 15.5. The summed E-state index contributed by atoms with van der Waals surface area (Å²) in [4.78, 5) is 26.6. The molecule has 3 heteroatoms. The van der Waals surface area contributed by atoms with Crippen molar-refractivity contribution < 1.29 is 14.3 Å². The Kier molecular flexibility index (Phi) is 6.04. The topological polar surface area (TPSA) is 43.4 Å². The summed E-state index contributed by atoms with van der Waals surface area (Å²) in [5.74, 6) is 1.09. The lowest BCUT2D eigenvalue weighted by Crippen LogP contribution is -2.30. The Balaban J connectivity index is 2.07. The first-order valence-corrected chi connectivity index (χ1v) is 8.94. The van der Waals surface area contributed by atoms with Crippen LogP contribution in [0.5, 0.6) is 5.75 Å². The van der Waals surface area contributed by atoms with E-state index in [1.54, 1.807) is 79.9 Å². The Morgan fingerprint density at radius 1 is 0.786 bits per heavy atom. The first-order valence-electron chi connectivity index (χ1n) is 8.94. The van der Waals surface area contributed by atoms with Crippen LogP contribution in [-0.4, -0.2) is 18.7 Å². The van der Waals surface area contributed by atoms with Gasteiger partial charge in [0.2, 0.25) is 0 Å². The van der Waals surface area contributed by atoms with Gasteiger partial charge in [0.25, 0.3) is 0 Å². The molecule has 3 aromatic carbocycles. The van der Waals surface area contributed by atoms with Crippen molar-refractivity contribution in [2.24, 2.45) is 5.92 Å². The van der Waals surface area contributed by atoms with E-state index in [0.29, 0.717) is 16.9 Å². The molecule has 0 radical (unpaired) electrons. The smallest absolute Gasteiger partial charge is 0.175 e. The molecule has 0 aromatic heterocycles. The number of methoxy groups -OCH3 is 1. The van der Waals surface area contributed by atoms with Crippen molar-refractivity contribution in [3.63, 3.8) is 0 Å². The number of terminal acetylenes is 1. The van der Waals surface area contributed by atoms with Gasteiger partial charge in [-0.05, 0) is 17.7 Å². The minimum atomic E-state index is -1.01. The molecule has 0 bridgehead atoms. The molecule has 138 valence electrons. The second-order valence-corrected chi connectivity index (χ2v) is 6.36. The second-order valence-electron chi connectivity index (χ2n) is 6.36. The largest absolute Gasteiger partial charge is 0.497 e. The number of ketones is 2. The van der Waals surface area contributed by atoms with E-state index in [1.807, 2.05) is 12.1 Å². The van der Waals surface area contributed by atoms with E-state index in [0.717, 1.165) is 5.56 Å². The van der Waals surface area contributed by atoms with Crippen LogP contribution in [0.1, 0.15) is 32.2 Å². The van der Waals surface area contributed by atoms with Crippen molar-refractivity contribution >= 4 is 11.6 Å². The normalized spacial score (nSPS) is 11.5. The van der Waals surface area contributed by atoms with E-state index in [2.05, 4.69) is 5.92 Å². The molecule has 0 saturated carbocycles. The molecule has 0 heterocycles. The Morgan fingerprint density at radius 3 is 1.64 bits per heavy atom. The van der Waals surface area contributed by atoms with E-state index in [1.165, 1.54) is 0 Å². The Labute approximate surface area is 165 Å². The van der Waals surface area contributed by atoms with E-state index in [-0.39, 0.29) is 11.6 Å². The molecule has 0 aliphatic heterocycles. The van der Waals surface area contributed by atoms with Crippen LogP contribution in [0.4, 0.5) is 0 Å². The average Bonchev–Trinajstić information content (AvgIpc) is 2.78. The fourth-order valence-corrected chi connectivity index (χ4v) is 3.18. The molecular formula is C25H20O3. The van der Waals surface area contributed by atoms with Gasteiger partial charge in [-0.1, -0.05) is 78.7 Å². The van der Waals surface area contributed by atoms with Crippen molar-refractivity contribution in [1.29, 1.82) is 0 Å². The number of carbonyl (C=O) groups excluding carboxylic acids is 2. The van der Waals surface area contributed by atoms with Gasteiger partial charge in [-0.25, -0.2) is 0 Å². The third-order valence-corrected chi connectivity index (χ3v) is 4.67. The summed E-state index contributed by atoms with van der Waals surface area (Å²) in [5.41, 5.74) is 1.65. The molecule has 1 unspecified atom stereocenters. The summed E-state index contributed by atoms with van der Waals surface area (Å²) in [6, 6.07) is 24.7. The van der Waals surface area contributed by atoms with Crippen molar-refractivity contribution in [2.75, 3.05) is 7.11 Å². The highest BCUT2D eigenvalue weighted by Gasteiger charge is 2.35. The third-order valence-electron chi connectivity index (χ3n) is 4.67. The minimum Gasteiger partial charge on any atom is -0.497 e. The molecule has 3 nitrogen and oxygen atoms in total. The lowest BCUT2D eigenvalue weighted by molar-refractivity contribution is 0.0797. The monoisotopic (exact) mass is 368 g/mol. The van der Waals surface area contributed by atoms with Crippen LogP contribution in [-0.2, 0) is 0 Å². The highest BCUT2D eigenvalue weighted by molar-refractivity contribution is 6.17. The fraction of sp³-hybridized carbons (Fsp3) is 0.120. The van der Waals surface area contributed by atoms with E-state index in [9.17, 15) is 9.59 Å². The van der Waals surface area contributed by atoms with E-state index >= 15 is 0 Å². The standard InChI is InChI=1S/C25H20O3/c1-3-22(18-14-16-21(28-2)17-15-18)23(24(26)19-10-6-4-7-11-19)25(27)20-12-8-5-9-13-20/h1,4-17,22-23H,2H3. The predicted octanol–water partition coefficient (Wildman–Crippen LogP) is 4.79. The fourth-order valence-electron chi connectivity index (χ4n) is 3.18. The third kappa shape index (κ3) is 4.02. The number of Topliss-reactive ketones (excluding diaryl/α,β-unsaturated/α-hetero) is 2. The van der Waals surface area contributed by atoms with Gasteiger partial charge in [-0.2, -0.15) is 0 Å². The van der Waals surface area contributed by atoms with Crippen molar-refractivity contribution in [3.8, 4) is 18.1 Å². The van der Waals surface area contributed by atoms with Gasteiger partial charge in [-0.3, -0.25) is 9.59 Å². The van der Waals surface area contributed by atoms with Crippen LogP contribution in [0.2, 0.25) is 0 Å². The number of rotatable bonds is 7. The highest BCUT2D eigenvalue weighted by Crippen LogP contribution is 2.31. The van der Waals surface area contributed by atoms with Crippen LogP contribution in [0.3, 0.4) is 0 Å². The Hall–Kier alpha value is -3.64. The molecule has 28 heavy (non-hydrogen) atoms. The van der Waals surface area contributed by atoms with Gasteiger partial charge in [-0.15, -0.1) is 6.42 Å². The molecule has 3 rings (SSSR count). The minimum absolute atomic E-state index is 0.284. The highest BCUT2D eigenvalue weighted by atomic mass is 16.5. The number of hydrogen-bond donors (Lipinski definition) is 0. The summed E-state index contributed by atoms with van der Waals surface area (Å²) >= 11 is 0. The van der Waals surface area contributed by atoms with Gasteiger partial charge in [0, 0.05) is 11.1 Å². The van der Waals surface area contributed by atoms with Crippen molar-refractivity contribution in [1.82, 2.24) is 0 Å². The predicted molar refractivity (Wildman–Crippen MR) is 110 cm³/mol. The lowest BCUT2D eigenvalue weighted by Gasteiger charge is -2.22. The van der Waals surface area contributed by atoms with Crippen LogP contribution < -0.4 is 4.74 Å². The van der Waals surface area contributed by atoms with Crippen LogP contribution in [0.15, 0.2) is 84.9 Å². The maximum atomic E-state index is 13.3. The Bertz CT molecular complexity index is 932. The summed E-state index contributed by atoms with van der Waals surface area (Å²) < 4.78 is 5.19. The molecule has 1 atom stereocenters.